The minimum atomic E-state index is -0.209. The molecule has 7 nitrogen and oxygen atoms in total. The van der Waals surface area contributed by atoms with Crippen molar-refractivity contribution in [2.75, 3.05) is 32.8 Å². The number of rotatable bonds is 8. The Morgan fingerprint density at radius 1 is 1.28 bits per heavy atom. The van der Waals surface area contributed by atoms with E-state index < -0.39 is 0 Å². The standard InChI is InChI=1S/C21H31N5O2S/c1-15(2)14-18(22-20(27)17-7-5-4-6-16(17)3)19-23-24-21(29)26(19)9-8-25-10-12-28-13-11-25/h4-7,15,18H,8-14H2,1-3H3,(H,22,27)(H,24,29)/t18-/m0/s1. The lowest BCUT2D eigenvalue weighted by atomic mass is 10.0. The second kappa shape index (κ2) is 10.1. The van der Waals surface area contributed by atoms with Crippen molar-refractivity contribution in [2.45, 2.75) is 39.8 Å². The molecule has 1 aliphatic rings. The molecule has 1 saturated heterocycles. The van der Waals surface area contributed by atoms with E-state index in [1.807, 2.05) is 35.8 Å². The van der Waals surface area contributed by atoms with Crippen molar-refractivity contribution in [1.29, 1.82) is 0 Å². The Kier molecular flexibility index (Phi) is 7.57. The van der Waals surface area contributed by atoms with Gasteiger partial charge in [-0.1, -0.05) is 32.0 Å². The van der Waals surface area contributed by atoms with E-state index in [2.05, 4.69) is 34.3 Å². The third-order valence-electron chi connectivity index (χ3n) is 5.25. The zero-order valence-electron chi connectivity index (χ0n) is 17.5. The van der Waals surface area contributed by atoms with Gasteiger partial charge in [0.15, 0.2) is 10.6 Å². The number of aryl methyl sites for hydroxylation is 1. The summed E-state index contributed by atoms with van der Waals surface area (Å²) in [6, 6.07) is 7.42. The maximum absolute atomic E-state index is 12.9. The highest BCUT2D eigenvalue weighted by atomic mass is 32.1. The number of morpholine rings is 1. The van der Waals surface area contributed by atoms with Crippen LogP contribution in [0, 0.1) is 17.6 Å². The van der Waals surface area contributed by atoms with Gasteiger partial charge in [-0.25, -0.2) is 0 Å². The van der Waals surface area contributed by atoms with Crippen LogP contribution in [-0.2, 0) is 11.3 Å². The Balaban J connectivity index is 1.78. The molecule has 29 heavy (non-hydrogen) atoms. The van der Waals surface area contributed by atoms with E-state index in [9.17, 15) is 4.79 Å². The molecule has 2 aromatic rings. The Hall–Kier alpha value is -2.03. The first-order chi connectivity index (χ1) is 14.0. The smallest absolute Gasteiger partial charge is 0.252 e. The highest BCUT2D eigenvalue weighted by molar-refractivity contribution is 7.71. The van der Waals surface area contributed by atoms with Crippen molar-refractivity contribution < 1.29 is 9.53 Å². The number of hydrogen-bond donors (Lipinski definition) is 2. The first-order valence-corrected chi connectivity index (χ1v) is 10.7. The fourth-order valence-corrected chi connectivity index (χ4v) is 3.87. The molecule has 3 rings (SSSR count). The molecule has 1 aromatic carbocycles. The molecule has 2 N–H and O–H groups in total. The van der Waals surface area contributed by atoms with Crippen molar-refractivity contribution in [1.82, 2.24) is 25.0 Å². The lowest BCUT2D eigenvalue weighted by Gasteiger charge is -2.27. The zero-order chi connectivity index (χ0) is 20.8. The van der Waals surface area contributed by atoms with E-state index in [-0.39, 0.29) is 11.9 Å². The average Bonchev–Trinajstić information content (AvgIpc) is 3.07. The van der Waals surface area contributed by atoms with Crippen molar-refractivity contribution in [3.63, 3.8) is 0 Å². The van der Waals surface area contributed by atoms with E-state index in [1.54, 1.807) is 0 Å². The summed E-state index contributed by atoms with van der Waals surface area (Å²) in [7, 11) is 0. The molecule has 0 saturated carbocycles. The van der Waals surface area contributed by atoms with Crippen LogP contribution in [0.4, 0.5) is 0 Å². The lowest BCUT2D eigenvalue weighted by Crippen LogP contribution is -2.38. The molecule has 0 aliphatic carbocycles. The normalized spacial score (nSPS) is 16.1. The average molecular weight is 418 g/mol. The number of carbonyl (C=O) groups excluding carboxylic acids is 1. The Morgan fingerprint density at radius 3 is 2.69 bits per heavy atom. The Labute approximate surface area is 177 Å². The maximum atomic E-state index is 12.9. The van der Waals surface area contributed by atoms with Gasteiger partial charge in [-0.15, -0.1) is 0 Å². The Morgan fingerprint density at radius 2 is 2.00 bits per heavy atom. The number of aromatic amines is 1. The maximum Gasteiger partial charge on any atom is 0.252 e. The Bertz CT molecular complexity index is 870. The molecule has 1 aliphatic heterocycles. The summed E-state index contributed by atoms with van der Waals surface area (Å²) < 4.78 is 8.04. The van der Waals surface area contributed by atoms with Crippen LogP contribution in [0.2, 0.25) is 0 Å². The van der Waals surface area contributed by atoms with Gasteiger partial charge >= 0.3 is 0 Å². The number of amides is 1. The fourth-order valence-electron chi connectivity index (χ4n) is 3.64. The number of nitrogens with zero attached hydrogens (tertiary/aromatic N) is 3. The monoisotopic (exact) mass is 417 g/mol. The molecule has 1 aromatic heterocycles. The second-order valence-corrected chi connectivity index (χ2v) is 8.35. The van der Waals surface area contributed by atoms with E-state index in [0.29, 0.717) is 16.3 Å². The van der Waals surface area contributed by atoms with E-state index in [1.165, 1.54) is 0 Å². The van der Waals surface area contributed by atoms with Crippen molar-refractivity contribution in [3.05, 3.63) is 46.0 Å². The number of benzene rings is 1. The van der Waals surface area contributed by atoms with Gasteiger partial charge in [-0.2, -0.15) is 5.10 Å². The van der Waals surface area contributed by atoms with Gasteiger partial charge in [0.2, 0.25) is 0 Å². The van der Waals surface area contributed by atoms with Gasteiger partial charge in [-0.3, -0.25) is 14.8 Å². The summed E-state index contributed by atoms with van der Waals surface area (Å²) in [4.78, 5) is 15.3. The summed E-state index contributed by atoms with van der Waals surface area (Å²) >= 11 is 5.49. The molecule has 1 atom stereocenters. The third kappa shape index (κ3) is 5.74. The molecule has 2 heterocycles. The molecule has 158 valence electrons. The summed E-state index contributed by atoms with van der Waals surface area (Å²) in [5, 5.41) is 10.6. The number of aromatic nitrogens is 3. The number of H-pyrrole nitrogens is 1. The topological polar surface area (TPSA) is 75.2 Å². The highest BCUT2D eigenvalue weighted by Gasteiger charge is 2.23. The highest BCUT2D eigenvalue weighted by Crippen LogP contribution is 2.21. The number of ether oxygens (including phenoxy) is 1. The first kappa shape index (κ1) is 21.7. The van der Waals surface area contributed by atoms with Crippen LogP contribution in [0.3, 0.4) is 0 Å². The predicted octanol–water partition coefficient (Wildman–Crippen LogP) is 3.10. The summed E-state index contributed by atoms with van der Waals surface area (Å²) in [6.45, 7) is 11.3. The van der Waals surface area contributed by atoms with Crippen LogP contribution in [-0.4, -0.2) is 58.4 Å². The quantitative estimate of drug-likeness (QED) is 0.646. The van der Waals surface area contributed by atoms with E-state index in [0.717, 1.165) is 57.2 Å². The summed E-state index contributed by atoms with van der Waals surface area (Å²) in [5.41, 5.74) is 1.65. The zero-order valence-corrected chi connectivity index (χ0v) is 18.3. The van der Waals surface area contributed by atoms with Crippen LogP contribution in [0.25, 0.3) is 0 Å². The number of carbonyl (C=O) groups is 1. The van der Waals surface area contributed by atoms with Crippen LogP contribution in [0.5, 0.6) is 0 Å². The molecular weight excluding hydrogens is 386 g/mol. The SMILES string of the molecule is Cc1ccccc1C(=O)N[C@@H](CC(C)C)c1n[nH]c(=S)n1CCN1CCOCC1. The summed E-state index contributed by atoms with van der Waals surface area (Å²) in [5.74, 6) is 1.11. The van der Waals surface area contributed by atoms with Gasteiger partial charge in [0.05, 0.1) is 19.3 Å². The van der Waals surface area contributed by atoms with Crippen LogP contribution in [0.15, 0.2) is 24.3 Å². The third-order valence-corrected chi connectivity index (χ3v) is 5.56. The minimum Gasteiger partial charge on any atom is -0.379 e. The van der Waals surface area contributed by atoms with Gasteiger partial charge in [0.1, 0.15) is 0 Å². The molecule has 8 heteroatoms. The van der Waals surface area contributed by atoms with E-state index >= 15 is 0 Å². The molecule has 1 amide bonds. The fraction of sp³-hybridized carbons (Fsp3) is 0.571. The van der Waals surface area contributed by atoms with Crippen molar-refractivity contribution in [2.24, 2.45) is 5.92 Å². The van der Waals surface area contributed by atoms with Gasteiger partial charge in [0.25, 0.3) is 5.91 Å². The van der Waals surface area contributed by atoms with Gasteiger partial charge < -0.3 is 14.6 Å². The second-order valence-electron chi connectivity index (χ2n) is 7.96. The number of hydrogen-bond acceptors (Lipinski definition) is 5. The van der Waals surface area contributed by atoms with Gasteiger partial charge in [-0.05, 0) is 43.1 Å². The van der Waals surface area contributed by atoms with Crippen LogP contribution >= 0.6 is 12.2 Å². The molecule has 0 spiro atoms. The molecule has 1 fully saturated rings. The van der Waals surface area contributed by atoms with E-state index in [4.69, 9.17) is 17.0 Å². The predicted molar refractivity (Wildman–Crippen MR) is 116 cm³/mol. The molecule has 0 unspecified atom stereocenters. The molecule has 0 bridgehead atoms. The number of nitrogens with one attached hydrogen (secondary N) is 2. The van der Waals surface area contributed by atoms with Crippen molar-refractivity contribution in [3.8, 4) is 0 Å². The van der Waals surface area contributed by atoms with Crippen LogP contribution < -0.4 is 5.32 Å². The first-order valence-electron chi connectivity index (χ1n) is 10.3. The molecule has 0 radical (unpaired) electrons. The summed E-state index contributed by atoms with van der Waals surface area (Å²) in [6.07, 6.45) is 0.787. The van der Waals surface area contributed by atoms with Crippen molar-refractivity contribution >= 4 is 18.1 Å². The molecular formula is C21H31N5O2S. The van der Waals surface area contributed by atoms with Crippen LogP contribution in [0.1, 0.15) is 48.1 Å². The minimum absolute atomic E-state index is 0.0811. The van der Waals surface area contributed by atoms with Gasteiger partial charge in [0, 0.05) is 31.7 Å². The lowest BCUT2D eigenvalue weighted by molar-refractivity contribution is 0.0361. The largest absolute Gasteiger partial charge is 0.379 e.